The molecule has 0 amide bonds. The third kappa shape index (κ3) is 19.4. The fourth-order valence-corrected chi connectivity index (χ4v) is 18.9. The molecule has 6 aliphatic rings. The van der Waals surface area contributed by atoms with Gasteiger partial charge in [0.05, 0.1) is 86.2 Å². The lowest BCUT2D eigenvalue weighted by Crippen LogP contribution is -2.33. The molecule has 14 aromatic carbocycles. The van der Waals surface area contributed by atoms with Crippen LogP contribution in [0.15, 0.2) is 298 Å². The number of para-hydroxylation sites is 2. The van der Waals surface area contributed by atoms with Crippen LogP contribution in [0, 0.1) is 46.3 Å². The predicted octanol–water partition coefficient (Wildman–Crippen LogP) is 26.9. The van der Waals surface area contributed by atoms with Crippen molar-refractivity contribution in [2.75, 3.05) is 0 Å². The van der Waals surface area contributed by atoms with E-state index in [2.05, 4.69) is 19.9 Å². The first-order chi connectivity index (χ1) is 69.9. The summed E-state index contributed by atoms with van der Waals surface area (Å²) in [7, 11) is 0. The van der Waals surface area contributed by atoms with E-state index >= 15 is 0 Å². The van der Waals surface area contributed by atoms with Gasteiger partial charge in [0.25, 0.3) is 11.1 Å². The fraction of sp³-hybridized carbons (Fsp3) is 0.217. The molecule has 0 saturated carbocycles. The highest BCUT2D eigenvalue weighted by molar-refractivity contribution is 6.31. The summed E-state index contributed by atoms with van der Waals surface area (Å²) in [5.74, 6) is 5.29. The fourth-order valence-electron chi connectivity index (χ4n) is 18.7. The summed E-state index contributed by atoms with van der Waals surface area (Å²) in [5, 5.41) is 1.79. The standard InChI is InChI=1S/3C24H20O4.C18H17ClN2O2.C17H16N2O2.C13H12F2O3/c3*1-14(2)26-16-9-11-20-22(13-16)27-21-12-15(3)8-10-19(21)24(20)18-7-5-4-6-17(18)23(25)28-24;1-10(2)23-16-7-4-11(3)8-14(16)17-20-15-6-5-12(19)9-13(15)18(22)21-17;1-11(2)21-15-10-6-4-8-13(15)16-18-14-9-5-3-7-12(14)17(20)19-16;1-6(2)17-13-9(14)5-8-7(3)4-10(16)18-12(8)11(13)15/h3*4-14H,1-3H3;4-10H,1-3H3,(H,20,21,22);3-11H,1-2H3,(H,18,19,20);4-6H,1-3H3. The number of fused-ring (bicyclic) bond motifs is 21. The molecule has 26 heteroatoms. The van der Waals surface area contributed by atoms with Crippen molar-refractivity contribution in [3.63, 3.8) is 0 Å². The number of carbonyl (C=O) groups is 3. The first-order valence-electron chi connectivity index (χ1n) is 48.1. The van der Waals surface area contributed by atoms with Gasteiger partial charge in [-0.2, -0.15) is 4.39 Å². The summed E-state index contributed by atoms with van der Waals surface area (Å²) < 4.78 is 104. The summed E-state index contributed by atoms with van der Waals surface area (Å²) in [6.45, 7) is 32.6. The maximum Gasteiger partial charge on any atom is 0.340 e. The zero-order valence-electron chi connectivity index (χ0n) is 83.3. The molecule has 6 aliphatic heterocycles. The van der Waals surface area contributed by atoms with E-state index in [0.29, 0.717) is 107 Å². The van der Waals surface area contributed by atoms with Crippen LogP contribution < -0.4 is 59.4 Å². The van der Waals surface area contributed by atoms with Crippen LogP contribution in [0.1, 0.15) is 192 Å². The Morgan fingerprint density at radius 3 is 1.10 bits per heavy atom. The van der Waals surface area contributed by atoms with Crippen LogP contribution in [-0.4, -0.2) is 74.5 Å². The Kier molecular flexibility index (Phi) is 27.7. The number of nitrogens with zero attached hydrogens (tertiary/aromatic N) is 2. The number of aryl methyl sites for hydroxylation is 5. The summed E-state index contributed by atoms with van der Waals surface area (Å²) in [5.41, 5.74) is 12.4. The van der Waals surface area contributed by atoms with Crippen molar-refractivity contribution in [1.82, 2.24) is 19.9 Å². The summed E-state index contributed by atoms with van der Waals surface area (Å²) in [4.78, 5) is 88.7. The molecule has 2 N–H and O–H groups in total. The van der Waals surface area contributed by atoms with E-state index in [9.17, 15) is 37.5 Å². The third-order valence-corrected chi connectivity index (χ3v) is 24.9. The lowest BCUT2D eigenvalue weighted by atomic mass is 9.77. The first-order valence-corrected chi connectivity index (χ1v) is 48.4. The van der Waals surface area contributed by atoms with Gasteiger partial charge in [-0.3, -0.25) is 9.59 Å². The second kappa shape index (κ2) is 40.6. The maximum atomic E-state index is 14.1. The van der Waals surface area contributed by atoms with E-state index < -0.39 is 39.8 Å². The topological polar surface area (TPSA) is 284 Å². The van der Waals surface area contributed by atoms with Crippen molar-refractivity contribution < 1.29 is 84.4 Å². The lowest BCUT2D eigenvalue weighted by Gasteiger charge is -2.36. The van der Waals surface area contributed by atoms with Gasteiger partial charge in [0, 0.05) is 84.7 Å². The highest BCUT2D eigenvalue weighted by Gasteiger charge is 2.57. The number of esters is 3. The Morgan fingerprint density at radius 2 is 0.664 bits per heavy atom. The number of carbonyl (C=O) groups excluding carboxylic acids is 3. The molecule has 3 spiro atoms. The van der Waals surface area contributed by atoms with Crippen molar-refractivity contribution in [2.45, 2.75) is 171 Å². The van der Waals surface area contributed by atoms with Crippen molar-refractivity contribution in [3.05, 3.63) is 421 Å². The van der Waals surface area contributed by atoms with Crippen molar-refractivity contribution >= 4 is 62.3 Å². The van der Waals surface area contributed by atoms with E-state index in [0.717, 1.165) is 107 Å². The van der Waals surface area contributed by atoms with Gasteiger partial charge >= 0.3 is 23.5 Å². The van der Waals surface area contributed by atoms with Gasteiger partial charge in [-0.05, 0) is 273 Å². The van der Waals surface area contributed by atoms with E-state index in [1.807, 2.05) is 340 Å². The molecule has 17 aromatic rings. The van der Waals surface area contributed by atoms with Crippen molar-refractivity contribution in [1.29, 1.82) is 0 Å². The first kappa shape index (κ1) is 99.5. The normalized spacial score (nSPS) is 15.6. The number of ether oxygens (including phenoxy) is 12. The Hall–Kier alpha value is -16.7. The molecule has 3 unspecified atom stereocenters. The molecule has 0 saturated heterocycles. The van der Waals surface area contributed by atoms with E-state index in [-0.39, 0.29) is 76.6 Å². The second-order valence-electron chi connectivity index (χ2n) is 37.8. The zero-order chi connectivity index (χ0) is 103. The number of aromatic amines is 2. The van der Waals surface area contributed by atoms with Crippen LogP contribution in [0.3, 0.4) is 0 Å². The van der Waals surface area contributed by atoms with Gasteiger partial charge in [-0.25, -0.2) is 33.5 Å². The lowest BCUT2D eigenvalue weighted by molar-refractivity contribution is 0.0214. The van der Waals surface area contributed by atoms with E-state index in [1.165, 1.54) is 6.07 Å². The number of benzene rings is 14. The molecule has 146 heavy (non-hydrogen) atoms. The highest BCUT2D eigenvalue weighted by Crippen LogP contribution is 2.61. The van der Waals surface area contributed by atoms with Gasteiger partial charge < -0.3 is 71.2 Å². The molecule has 23 nitrogen and oxygen atoms in total. The van der Waals surface area contributed by atoms with Crippen LogP contribution in [0.25, 0.3) is 55.6 Å². The number of nitrogens with one attached hydrogen (secondary N) is 2. The average molecular weight is 1980 g/mol. The maximum absolute atomic E-state index is 14.1. The molecule has 3 aromatic heterocycles. The summed E-state index contributed by atoms with van der Waals surface area (Å²) in [6.07, 6.45) is -0.149. The number of aromatic nitrogens is 4. The molecule has 0 aliphatic carbocycles. The minimum absolute atomic E-state index is 0.0300. The largest absolute Gasteiger partial charge is 0.491 e. The molecule has 740 valence electrons. The van der Waals surface area contributed by atoms with Crippen molar-refractivity contribution in [3.8, 4) is 91.8 Å². The van der Waals surface area contributed by atoms with Gasteiger partial charge in [-0.15, -0.1) is 0 Å². The number of hydrogen-bond donors (Lipinski definition) is 2. The zero-order valence-corrected chi connectivity index (χ0v) is 84.1. The van der Waals surface area contributed by atoms with Crippen LogP contribution in [0.5, 0.6) is 69.0 Å². The molecule has 9 heterocycles. The molecule has 23 rings (SSSR count). The van der Waals surface area contributed by atoms with Gasteiger partial charge in [0.2, 0.25) is 5.82 Å². The molecular formula is C120H105ClF2N4O19. The monoisotopic (exact) mass is 1980 g/mol. The third-order valence-electron chi connectivity index (χ3n) is 24.6. The Balaban J connectivity index is 0.000000116. The summed E-state index contributed by atoms with van der Waals surface area (Å²) in [6, 6.07) is 85.8. The Labute approximate surface area is 845 Å². The van der Waals surface area contributed by atoms with Gasteiger partial charge in [0.15, 0.2) is 34.0 Å². The number of hydrogen-bond acceptors (Lipinski definition) is 21. The van der Waals surface area contributed by atoms with E-state index in [4.69, 9.17) is 72.9 Å². The molecule has 3 atom stereocenters. The molecule has 0 radical (unpaired) electrons. The van der Waals surface area contributed by atoms with E-state index in [1.54, 1.807) is 45.0 Å². The van der Waals surface area contributed by atoms with Crippen LogP contribution in [0.2, 0.25) is 5.02 Å². The van der Waals surface area contributed by atoms with Crippen LogP contribution in [0.4, 0.5) is 8.78 Å². The van der Waals surface area contributed by atoms with Crippen molar-refractivity contribution in [2.24, 2.45) is 0 Å². The predicted molar refractivity (Wildman–Crippen MR) is 555 cm³/mol. The molecular weight excluding hydrogens is 1870 g/mol. The van der Waals surface area contributed by atoms with Crippen LogP contribution >= 0.6 is 11.6 Å². The van der Waals surface area contributed by atoms with Crippen LogP contribution in [-0.2, 0) is 31.0 Å². The quantitative estimate of drug-likeness (QED) is 0.0581. The Morgan fingerprint density at radius 1 is 0.315 bits per heavy atom. The SMILES string of the molecule is CC(C)Oc1ccccc1-c1nc2ccccc2c(=O)[nH]1.Cc1cc(=O)oc2c(F)c(OC(C)C)c(F)cc12.Cc1ccc(OC(C)C)c(-c2nc3ccc(Cl)cc3c(=O)[nH]2)c1.Cc1ccc2c(c1)Oc1cc(OC(C)C)ccc1C21OC(=O)c2ccccc21.Cc1ccc2c(c1)Oc1cc(OC(C)C)ccc1C21OC(=O)c2ccccc21.Cc1ccc2c(c1)Oc1cc(OC(C)C)ccc1C21OC(=O)c2ccccc21. The molecule has 0 fully saturated rings. The minimum atomic E-state index is -1.01. The summed E-state index contributed by atoms with van der Waals surface area (Å²) >= 11 is 5.95. The average Bonchev–Trinajstić information content (AvgIpc) is 1.53. The van der Waals surface area contributed by atoms with Gasteiger partial charge in [0.1, 0.15) is 74.9 Å². The smallest absolute Gasteiger partial charge is 0.340 e. The van der Waals surface area contributed by atoms with Gasteiger partial charge in [-0.1, -0.05) is 138 Å². The number of halogens is 3. The minimum Gasteiger partial charge on any atom is -0.491 e. The molecule has 0 bridgehead atoms. The highest BCUT2D eigenvalue weighted by atomic mass is 35.5. The number of H-pyrrole nitrogens is 2. The Bertz CT molecular complexity index is 7810. The number of rotatable bonds is 14. The second-order valence-corrected chi connectivity index (χ2v) is 38.2.